The molecule has 1 aromatic heterocycles. The Hall–Kier alpha value is -2.25. The Kier molecular flexibility index (Phi) is 4.44. The average molecular weight is 383 g/mol. The summed E-state index contributed by atoms with van der Waals surface area (Å²) in [4.78, 5) is 32.4. The predicted octanol–water partition coefficient (Wildman–Crippen LogP) is 2.10. The maximum Gasteiger partial charge on any atom is 0.261 e. The molecular formula is C21H25N3O4. The van der Waals surface area contributed by atoms with Crippen LogP contribution < -0.4 is 5.56 Å². The number of likely N-dealkylation sites (tertiary alicyclic amines) is 1. The van der Waals surface area contributed by atoms with Gasteiger partial charge in [0.2, 0.25) is 0 Å². The van der Waals surface area contributed by atoms with E-state index in [1.165, 1.54) is 0 Å². The summed E-state index contributed by atoms with van der Waals surface area (Å²) in [5, 5.41) is 0.590. The van der Waals surface area contributed by atoms with Gasteiger partial charge < -0.3 is 14.4 Å². The number of piperidine rings is 1. The lowest BCUT2D eigenvalue weighted by atomic mass is 10.0. The summed E-state index contributed by atoms with van der Waals surface area (Å²) < 4.78 is 13.3. The molecule has 0 radical (unpaired) electrons. The number of fused-ring (bicyclic) bond motifs is 2. The van der Waals surface area contributed by atoms with Gasteiger partial charge >= 0.3 is 0 Å². The molecule has 3 aliphatic rings. The Morgan fingerprint density at radius 1 is 1.04 bits per heavy atom. The zero-order valence-corrected chi connectivity index (χ0v) is 16.0. The zero-order chi connectivity index (χ0) is 19.1. The minimum absolute atomic E-state index is 0.0105. The maximum absolute atomic E-state index is 13.0. The van der Waals surface area contributed by atoms with E-state index in [4.69, 9.17) is 14.5 Å². The van der Waals surface area contributed by atoms with Crippen molar-refractivity contribution in [3.05, 3.63) is 39.9 Å². The van der Waals surface area contributed by atoms with Crippen molar-refractivity contribution in [3.8, 4) is 0 Å². The summed E-state index contributed by atoms with van der Waals surface area (Å²) in [6.07, 6.45) is 5.39. The van der Waals surface area contributed by atoms with Crippen LogP contribution in [0.4, 0.5) is 0 Å². The first-order valence-electron chi connectivity index (χ1n) is 10.3. The molecule has 0 saturated carbocycles. The molecule has 28 heavy (non-hydrogen) atoms. The molecule has 0 aliphatic carbocycles. The van der Waals surface area contributed by atoms with E-state index in [1.54, 1.807) is 18.2 Å². The van der Waals surface area contributed by atoms with Crippen LogP contribution in [0.25, 0.3) is 10.9 Å². The van der Waals surface area contributed by atoms with E-state index < -0.39 is 5.79 Å². The highest BCUT2D eigenvalue weighted by molar-refractivity contribution is 5.97. The van der Waals surface area contributed by atoms with E-state index in [0.29, 0.717) is 55.6 Å². The standard InChI is InChI=1S/C21H25N3O4/c25-19(23-10-7-21(8-11-23)27-12-13-28-21)15-5-6-16-17(14-15)22-18-4-2-1-3-9-24(18)20(16)26/h5-6,14H,1-4,7-13H2. The fraction of sp³-hybridized carbons (Fsp3) is 0.571. The quantitative estimate of drug-likeness (QED) is 0.754. The van der Waals surface area contributed by atoms with Gasteiger partial charge in [-0.3, -0.25) is 14.2 Å². The molecule has 2 aromatic rings. The molecule has 2 saturated heterocycles. The highest BCUT2D eigenvalue weighted by Crippen LogP contribution is 2.31. The van der Waals surface area contributed by atoms with E-state index in [2.05, 4.69) is 0 Å². The Morgan fingerprint density at radius 2 is 1.82 bits per heavy atom. The van der Waals surface area contributed by atoms with Gasteiger partial charge in [0.05, 0.1) is 24.1 Å². The number of hydrogen-bond donors (Lipinski definition) is 0. The van der Waals surface area contributed by atoms with Gasteiger partial charge in [0, 0.05) is 44.5 Å². The summed E-state index contributed by atoms with van der Waals surface area (Å²) in [6, 6.07) is 5.28. The van der Waals surface area contributed by atoms with Crippen molar-refractivity contribution in [1.82, 2.24) is 14.5 Å². The molecule has 1 spiro atoms. The minimum atomic E-state index is -0.492. The Morgan fingerprint density at radius 3 is 2.61 bits per heavy atom. The molecule has 5 rings (SSSR count). The van der Waals surface area contributed by atoms with Crippen LogP contribution in [0.15, 0.2) is 23.0 Å². The number of carbonyl (C=O) groups excluding carboxylic acids is 1. The van der Waals surface area contributed by atoms with Crippen molar-refractivity contribution in [2.75, 3.05) is 26.3 Å². The summed E-state index contributed by atoms with van der Waals surface area (Å²) >= 11 is 0. The van der Waals surface area contributed by atoms with Gasteiger partial charge in [0.1, 0.15) is 5.82 Å². The van der Waals surface area contributed by atoms with Crippen LogP contribution in [0.1, 0.15) is 48.3 Å². The van der Waals surface area contributed by atoms with Gasteiger partial charge in [-0.15, -0.1) is 0 Å². The van der Waals surface area contributed by atoms with Crippen molar-refractivity contribution < 1.29 is 14.3 Å². The van der Waals surface area contributed by atoms with Gasteiger partial charge in [0.15, 0.2) is 5.79 Å². The third kappa shape index (κ3) is 3.02. The van der Waals surface area contributed by atoms with Crippen LogP contribution in [0, 0.1) is 0 Å². The average Bonchev–Trinajstić information content (AvgIpc) is 3.03. The Labute approximate surface area is 163 Å². The first-order chi connectivity index (χ1) is 13.7. The second kappa shape index (κ2) is 6.97. The lowest BCUT2D eigenvalue weighted by molar-refractivity contribution is -0.181. The molecule has 7 nitrogen and oxygen atoms in total. The number of carbonyl (C=O) groups is 1. The topological polar surface area (TPSA) is 73.7 Å². The smallest absolute Gasteiger partial charge is 0.261 e. The lowest BCUT2D eigenvalue weighted by Crippen LogP contribution is -2.47. The number of amides is 1. The molecule has 0 N–H and O–H groups in total. The molecule has 0 bridgehead atoms. The van der Waals surface area contributed by atoms with Crippen molar-refractivity contribution in [1.29, 1.82) is 0 Å². The summed E-state index contributed by atoms with van der Waals surface area (Å²) in [6.45, 7) is 3.21. The Bertz CT molecular complexity index is 968. The van der Waals surface area contributed by atoms with Crippen LogP contribution >= 0.6 is 0 Å². The lowest BCUT2D eigenvalue weighted by Gasteiger charge is -2.37. The highest BCUT2D eigenvalue weighted by Gasteiger charge is 2.40. The van der Waals surface area contributed by atoms with Gasteiger partial charge in [-0.1, -0.05) is 6.42 Å². The largest absolute Gasteiger partial charge is 0.347 e. The van der Waals surface area contributed by atoms with Crippen molar-refractivity contribution in [2.45, 2.75) is 50.9 Å². The minimum Gasteiger partial charge on any atom is -0.347 e. The predicted molar refractivity (Wildman–Crippen MR) is 103 cm³/mol. The summed E-state index contributed by atoms with van der Waals surface area (Å²) in [7, 11) is 0. The van der Waals surface area contributed by atoms with Crippen molar-refractivity contribution in [2.24, 2.45) is 0 Å². The van der Waals surface area contributed by atoms with Crippen LogP contribution in [0.2, 0.25) is 0 Å². The monoisotopic (exact) mass is 383 g/mol. The summed E-state index contributed by atoms with van der Waals surface area (Å²) in [5.74, 6) is 0.329. The number of ether oxygens (including phenoxy) is 2. The van der Waals surface area contributed by atoms with E-state index in [1.807, 2.05) is 9.47 Å². The Balaban J connectivity index is 1.42. The number of aryl methyl sites for hydroxylation is 1. The van der Waals surface area contributed by atoms with Gasteiger partial charge in [-0.2, -0.15) is 0 Å². The second-order valence-corrected chi connectivity index (χ2v) is 7.93. The number of aromatic nitrogens is 2. The van der Waals surface area contributed by atoms with Gasteiger partial charge in [0.25, 0.3) is 11.5 Å². The van der Waals surface area contributed by atoms with E-state index >= 15 is 0 Å². The third-order valence-electron chi connectivity index (χ3n) is 6.19. The summed E-state index contributed by atoms with van der Waals surface area (Å²) in [5.41, 5.74) is 1.22. The molecule has 4 heterocycles. The van der Waals surface area contributed by atoms with Crippen molar-refractivity contribution in [3.63, 3.8) is 0 Å². The number of nitrogens with zero attached hydrogens (tertiary/aromatic N) is 3. The van der Waals surface area contributed by atoms with E-state index in [-0.39, 0.29) is 11.5 Å². The first-order valence-corrected chi connectivity index (χ1v) is 10.3. The fourth-order valence-electron chi connectivity index (χ4n) is 4.57. The fourth-order valence-corrected chi connectivity index (χ4v) is 4.57. The normalized spacial score (nSPS) is 21.6. The molecule has 148 valence electrons. The second-order valence-electron chi connectivity index (χ2n) is 7.93. The first kappa shape index (κ1) is 17.8. The van der Waals surface area contributed by atoms with Crippen LogP contribution in [0.5, 0.6) is 0 Å². The number of hydrogen-bond acceptors (Lipinski definition) is 5. The molecule has 1 aromatic carbocycles. The maximum atomic E-state index is 13.0. The zero-order valence-electron chi connectivity index (χ0n) is 16.0. The number of rotatable bonds is 1. The molecule has 3 aliphatic heterocycles. The molecule has 1 amide bonds. The van der Waals surface area contributed by atoms with Gasteiger partial charge in [-0.25, -0.2) is 4.98 Å². The number of benzene rings is 1. The SMILES string of the molecule is O=C(c1ccc2c(=O)n3c(nc2c1)CCCCC3)N1CCC2(CC1)OCCO2. The van der Waals surface area contributed by atoms with Crippen LogP contribution in [0.3, 0.4) is 0 Å². The van der Waals surface area contributed by atoms with Crippen molar-refractivity contribution >= 4 is 16.8 Å². The molecule has 7 heteroatoms. The molecular weight excluding hydrogens is 358 g/mol. The van der Waals surface area contributed by atoms with Gasteiger partial charge in [-0.05, 0) is 31.0 Å². The molecule has 0 unspecified atom stereocenters. The third-order valence-corrected chi connectivity index (χ3v) is 6.19. The van der Waals surface area contributed by atoms with Crippen LogP contribution in [-0.4, -0.2) is 52.4 Å². The highest BCUT2D eigenvalue weighted by atomic mass is 16.7. The van der Waals surface area contributed by atoms with E-state index in [9.17, 15) is 9.59 Å². The molecule has 2 fully saturated rings. The van der Waals surface area contributed by atoms with Crippen LogP contribution in [-0.2, 0) is 22.4 Å². The van der Waals surface area contributed by atoms with E-state index in [0.717, 1.165) is 38.1 Å². The molecule has 0 atom stereocenters.